The third-order valence-electron chi connectivity index (χ3n) is 4.25. The molecular weight excluding hydrogens is 292 g/mol. The molecule has 0 radical (unpaired) electrons. The Hall–Kier alpha value is -1.65. The van der Waals surface area contributed by atoms with E-state index in [0.717, 1.165) is 36.9 Å². The van der Waals surface area contributed by atoms with Gasteiger partial charge in [-0.2, -0.15) is 0 Å². The van der Waals surface area contributed by atoms with E-state index in [1.54, 1.807) is 0 Å². The molecule has 2 aromatic rings. The molecule has 1 aliphatic rings. The molecule has 1 aromatic carbocycles. The first-order chi connectivity index (χ1) is 10.6. The fourth-order valence-electron chi connectivity index (χ4n) is 3.01. The summed E-state index contributed by atoms with van der Waals surface area (Å²) in [5.74, 6) is 0. The minimum Gasteiger partial charge on any atom is -0.378 e. The molecule has 0 saturated carbocycles. The normalized spacial score (nSPS) is 15.1. The number of thiocarbonyl (C=S) groups is 1. The van der Waals surface area contributed by atoms with Gasteiger partial charge >= 0.3 is 0 Å². The van der Waals surface area contributed by atoms with E-state index in [1.165, 1.54) is 22.6 Å². The van der Waals surface area contributed by atoms with Gasteiger partial charge < -0.3 is 14.2 Å². The lowest BCUT2D eigenvalue weighted by molar-refractivity contribution is 0.0692. The molecule has 4 heteroatoms. The standard InChI is InChI=1S/C18H22N2OS/c1-13-4-6-16(7-5-13)20-14(2)12-17(15(20)3)18(22)19-8-10-21-11-9-19/h4-7,12H,8-11H2,1-3H3. The highest BCUT2D eigenvalue weighted by molar-refractivity contribution is 7.80. The first-order valence-electron chi connectivity index (χ1n) is 7.71. The quantitative estimate of drug-likeness (QED) is 0.791. The minimum atomic E-state index is 0.761. The number of benzene rings is 1. The van der Waals surface area contributed by atoms with Gasteiger partial charge in [0.2, 0.25) is 0 Å². The van der Waals surface area contributed by atoms with Crippen LogP contribution in [0.1, 0.15) is 22.5 Å². The highest BCUT2D eigenvalue weighted by atomic mass is 32.1. The summed E-state index contributed by atoms with van der Waals surface area (Å²) in [5.41, 5.74) is 6.05. The fourth-order valence-corrected chi connectivity index (χ4v) is 3.40. The molecule has 3 rings (SSSR count). The van der Waals surface area contributed by atoms with Crippen molar-refractivity contribution in [2.45, 2.75) is 20.8 Å². The van der Waals surface area contributed by atoms with E-state index in [-0.39, 0.29) is 0 Å². The maximum Gasteiger partial charge on any atom is 0.111 e. The Labute approximate surface area is 137 Å². The van der Waals surface area contributed by atoms with Gasteiger partial charge in [-0.05, 0) is 39.0 Å². The maximum absolute atomic E-state index is 5.73. The summed E-state index contributed by atoms with van der Waals surface area (Å²) in [6, 6.07) is 10.8. The van der Waals surface area contributed by atoms with Crippen LogP contribution < -0.4 is 0 Å². The van der Waals surface area contributed by atoms with E-state index in [1.807, 2.05) is 0 Å². The monoisotopic (exact) mass is 314 g/mol. The van der Waals surface area contributed by atoms with Crippen molar-refractivity contribution in [2.24, 2.45) is 0 Å². The summed E-state index contributed by atoms with van der Waals surface area (Å²) < 4.78 is 7.70. The zero-order valence-corrected chi connectivity index (χ0v) is 14.2. The highest BCUT2D eigenvalue weighted by Crippen LogP contribution is 2.23. The number of nitrogens with zero attached hydrogens (tertiary/aromatic N) is 2. The molecule has 0 atom stereocenters. The second kappa shape index (κ2) is 6.23. The van der Waals surface area contributed by atoms with Gasteiger partial charge in [0.25, 0.3) is 0 Å². The molecule has 1 fully saturated rings. The Kier molecular flexibility index (Phi) is 4.32. The number of aryl methyl sites for hydroxylation is 2. The van der Waals surface area contributed by atoms with Crippen LogP contribution in [0.3, 0.4) is 0 Å². The molecule has 116 valence electrons. The van der Waals surface area contributed by atoms with Crippen LogP contribution in [0.25, 0.3) is 5.69 Å². The van der Waals surface area contributed by atoms with Crippen LogP contribution in [0.15, 0.2) is 30.3 Å². The van der Waals surface area contributed by atoms with Gasteiger partial charge in [-0.3, -0.25) is 0 Å². The van der Waals surface area contributed by atoms with Gasteiger partial charge in [-0.15, -0.1) is 0 Å². The number of rotatable bonds is 2. The van der Waals surface area contributed by atoms with Crippen molar-refractivity contribution in [1.82, 2.24) is 9.47 Å². The molecule has 3 nitrogen and oxygen atoms in total. The van der Waals surface area contributed by atoms with Gasteiger partial charge in [0.05, 0.1) is 13.2 Å². The Morgan fingerprint density at radius 2 is 1.68 bits per heavy atom. The van der Waals surface area contributed by atoms with Gasteiger partial charge in [0.15, 0.2) is 0 Å². The topological polar surface area (TPSA) is 17.4 Å². The second-order valence-electron chi connectivity index (χ2n) is 5.86. The van der Waals surface area contributed by atoms with E-state index in [0.29, 0.717) is 0 Å². The molecule has 1 aliphatic heterocycles. The maximum atomic E-state index is 5.73. The van der Waals surface area contributed by atoms with Gasteiger partial charge in [-0.1, -0.05) is 29.9 Å². The Balaban J connectivity index is 1.95. The predicted octanol–water partition coefficient (Wildman–Crippen LogP) is 3.41. The van der Waals surface area contributed by atoms with Crippen LogP contribution in [-0.4, -0.2) is 40.8 Å². The number of morpholine rings is 1. The molecule has 0 unspecified atom stereocenters. The highest BCUT2D eigenvalue weighted by Gasteiger charge is 2.20. The van der Waals surface area contributed by atoms with Crippen LogP contribution in [0.5, 0.6) is 0 Å². The number of hydrogen-bond donors (Lipinski definition) is 0. The number of ether oxygens (including phenoxy) is 1. The predicted molar refractivity (Wildman–Crippen MR) is 94.1 cm³/mol. The average molecular weight is 314 g/mol. The third kappa shape index (κ3) is 2.81. The molecule has 22 heavy (non-hydrogen) atoms. The molecule has 1 aromatic heterocycles. The fraction of sp³-hybridized carbons (Fsp3) is 0.389. The zero-order valence-electron chi connectivity index (χ0n) is 13.4. The van der Waals surface area contributed by atoms with E-state index >= 15 is 0 Å². The molecule has 0 amide bonds. The molecule has 2 heterocycles. The largest absolute Gasteiger partial charge is 0.378 e. The number of hydrogen-bond acceptors (Lipinski definition) is 2. The van der Waals surface area contributed by atoms with Crippen LogP contribution in [0, 0.1) is 20.8 Å². The first kappa shape index (κ1) is 15.3. The Bertz CT molecular complexity index is 682. The summed E-state index contributed by atoms with van der Waals surface area (Å²) in [7, 11) is 0. The summed E-state index contributed by atoms with van der Waals surface area (Å²) in [6.45, 7) is 9.68. The smallest absolute Gasteiger partial charge is 0.111 e. The van der Waals surface area contributed by atoms with E-state index in [2.05, 4.69) is 60.6 Å². The summed E-state index contributed by atoms with van der Waals surface area (Å²) in [6.07, 6.45) is 0. The van der Waals surface area contributed by atoms with Gasteiger partial charge in [-0.25, -0.2) is 0 Å². The summed E-state index contributed by atoms with van der Waals surface area (Å²) >= 11 is 5.73. The second-order valence-corrected chi connectivity index (χ2v) is 6.25. The van der Waals surface area contributed by atoms with Crippen molar-refractivity contribution < 1.29 is 4.74 Å². The lowest BCUT2D eigenvalue weighted by atomic mass is 10.2. The minimum absolute atomic E-state index is 0.761. The van der Waals surface area contributed by atoms with Crippen molar-refractivity contribution in [2.75, 3.05) is 26.3 Å². The molecule has 0 aliphatic carbocycles. The average Bonchev–Trinajstić information content (AvgIpc) is 2.83. The Morgan fingerprint density at radius 1 is 1.05 bits per heavy atom. The van der Waals surface area contributed by atoms with Crippen molar-refractivity contribution in [3.8, 4) is 5.69 Å². The number of aromatic nitrogens is 1. The van der Waals surface area contributed by atoms with E-state index in [4.69, 9.17) is 17.0 Å². The van der Waals surface area contributed by atoms with Crippen molar-refractivity contribution in [1.29, 1.82) is 0 Å². The molecule has 0 N–H and O–H groups in total. The molecule has 0 bridgehead atoms. The third-order valence-corrected chi connectivity index (χ3v) is 4.73. The van der Waals surface area contributed by atoms with Crippen LogP contribution >= 0.6 is 12.2 Å². The van der Waals surface area contributed by atoms with E-state index < -0.39 is 0 Å². The van der Waals surface area contributed by atoms with Gasteiger partial charge in [0.1, 0.15) is 4.99 Å². The summed E-state index contributed by atoms with van der Waals surface area (Å²) in [4.78, 5) is 3.19. The van der Waals surface area contributed by atoms with Crippen LogP contribution in [0.4, 0.5) is 0 Å². The lowest BCUT2D eigenvalue weighted by Gasteiger charge is -2.29. The zero-order chi connectivity index (χ0) is 15.7. The van der Waals surface area contributed by atoms with Crippen LogP contribution in [0.2, 0.25) is 0 Å². The van der Waals surface area contributed by atoms with Crippen molar-refractivity contribution >= 4 is 17.2 Å². The van der Waals surface area contributed by atoms with Gasteiger partial charge in [0, 0.05) is 35.7 Å². The van der Waals surface area contributed by atoms with E-state index in [9.17, 15) is 0 Å². The lowest BCUT2D eigenvalue weighted by Crippen LogP contribution is -2.40. The van der Waals surface area contributed by atoms with Crippen molar-refractivity contribution in [3.05, 3.63) is 52.8 Å². The van der Waals surface area contributed by atoms with Crippen LogP contribution in [-0.2, 0) is 4.74 Å². The molecule has 0 spiro atoms. The SMILES string of the molecule is Cc1ccc(-n2c(C)cc(C(=S)N3CCOCC3)c2C)cc1. The Morgan fingerprint density at radius 3 is 2.32 bits per heavy atom. The summed E-state index contributed by atoms with van der Waals surface area (Å²) in [5, 5.41) is 0. The van der Waals surface area contributed by atoms with Crippen molar-refractivity contribution in [3.63, 3.8) is 0 Å². The molecular formula is C18H22N2OS. The molecule has 1 saturated heterocycles. The first-order valence-corrected chi connectivity index (χ1v) is 8.12.